The Morgan fingerprint density at radius 3 is 1.90 bits per heavy atom. The molecule has 1 aromatic heterocycles. The minimum atomic E-state index is 0.0752. The molecule has 3 unspecified atom stereocenters. The molecular formula is C50H47NS. The molecule has 1 nitrogen and oxygen atoms in total. The van der Waals surface area contributed by atoms with E-state index in [4.69, 9.17) is 0 Å². The fourth-order valence-electron chi connectivity index (χ4n) is 10.5. The molecule has 52 heavy (non-hydrogen) atoms. The van der Waals surface area contributed by atoms with Gasteiger partial charge < -0.3 is 4.90 Å². The Kier molecular flexibility index (Phi) is 8.25. The molecule has 0 saturated heterocycles. The Hall–Kier alpha value is -4.66. The molecule has 3 aliphatic carbocycles. The van der Waals surface area contributed by atoms with Crippen LogP contribution in [0.4, 0.5) is 17.1 Å². The van der Waals surface area contributed by atoms with Crippen LogP contribution in [-0.2, 0) is 5.41 Å². The van der Waals surface area contributed by atoms with Crippen molar-refractivity contribution in [3.63, 3.8) is 0 Å². The first-order chi connectivity index (χ1) is 25.7. The molecule has 3 aliphatic rings. The number of thiophene rings is 1. The van der Waals surface area contributed by atoms with Crippen LogP contribution in [0.25, 0.3) is 31.3 Å². The highest BCUT2D eigenvalue weighted by Crippen LogP contribution is 2.53. The van der Waals surface area contributed by atoms with Crippen molar-refractivity contribution in [3.8, 4) is 11.1 Å². The third-order valence-electron chi connectivity index (χ3n) is 13.1. The summed E-state index contributed by atoms with van der Waals surface area (Å²) < 4.78 is 2.68. The number of nitrogens with zero attached hydrogens (tertiary/aromatic N) is 1. The van der Waals surface area contributed by atoms with Gasteiger partial charge in [0.25, 0.3) is 0 Å². The molecule has 0 N–H and O–H groups in total. The highest BCUT2D eigenvalue weighted by atomic mass is 32.1. The third kappa shape index (κ3) is 5.58. The zero-order chi connectivity index (χ0) is 34.5. The molecule has 2 heteroatoms. The topological polar surface area (TPSA) is 3.24 Å². The molecule has 0 amide bonds. The number of rotatable bonds is 7. The van der Waals surface area contributed by atoms with Crippen molar-refractivity contribution in [2.45, 2.75) is 75.5 Å². The molecule has 2 bridgehead atoms. The Balaban J connectivity index is 1.10. The van der Waals surface area contributed by atoms with E-state index in [9.17, 15) is 0 Å². The van der Waals surface area contributed by atoms with E-state index < -0.39 is 0 Å². The van der Waals surface area contributed by atoms with E-state index in [1.807, 2.05) is 11.3 Å². The number of hydrogen-bond acceptors (Lipinski definition) is 2. The van der Waals surface area contributed by atoms with Crippen molar-refractivity contribution in [3.05, 3.63) is 162 Å². The zero-order valence-corrected chi connectivity index (χ0v) is 30.8. The fraction of sp³-hybridized carbons (Fsp3) is 0.280. The molecule has 3 saturated carbocycles. The first kappa shape index (κ1) is 32.0. The molecule has 0 radical (unpaired) electrons. The normalized spacial score (nSPS) is 21.0. The Bertz CT molecular complexity index is 2310. The summed E-state index contributed by atoms with van der Waals surface area (Å²) in [5, 5.41) is 2.69. The minimum Gasteiger partial charge on any atom is -0.310 e. The summed E-state index contributed by atoms with van der Waals surface area (Å²) in [6, 6.07) is 55.6. The van der Waals surface area contributed by atoms with Crippen LogP contribution >= 0.6 is 11.3 Å². The van der Waals surface area contributed by atoms with Crippen LogP contribution in [0.2, 0.25) is 0 Å². The van der Waals surface area contributed by atoms with Gasteiger partial charge >= 0.3 is 0 Å². The largest absolute Gasteiger partial charge is 0.310 e. The maximum absolute atomic E-state index is 2.50. The second-order valence-electron chi connectivity index (χ2n) is 15.9. The number of benzene rings is 6. The summed E-state index contributed by atoms with van der Waals surface area (Å²) in [5.41, 5.74) is 10.8. The standard InChI is InChI=1S/C50H47NS/c1-2-10-31-50(30-9-1,39-14-7-4-8-15-39)40-22-26-42(27-23-40)51(41-24-20-37(21-25-41)45-33-35-18-19-38(45)32-35)43-28-29-47-46(34-43)49-44(16-11-17-48(49)52-47)36-12-5-3-6-13-36/h3-8,11-17,20-29,34-35,38,45H,1-2,9-10,18-19,30-33H2. The predicted molar refractivity (Wildman–Crippen MR) is 223 cm³/mol. The molecule has 258 valence electrons. The van der Waals surface area contributed by atoms with Crippen LogP contribution in [0.15, 0.2) is 146 Å². The van der Waals surface area contributed by atoms with Gasteiger partial charge in [-0.2, -0.15) is 0 Å². The first-order valence-electron chi connectivity index (χ1n) is 19.8. The lowest BCUT2D eigenvalue weighted by atomic mass is 9.69. The van der Waals surface area contributed by atoms with Gasteiger partial charge in [0.1, 0.15) is 0 Å². The van der Waals surface area contributed by atoms with E-state index in [-0.39, 0.29) is 5.41 Å². The molecule has 0 aliphatic heterocycles. The van der Waals surface area contributed by atoms with Crippen molar-refractivity contribution in [1.29, 1.82) is 0 Å². The molecule has 3 fully saturated rings. The second kappa shape index (κ2) is 13.4. The van der Waals surface area contributed by atoms with E-state index in [0.29, 0.717) is 0 Å². The average molecular weight is 694 g/mol. The van der Waals surface area contributed by atoms with Crippen LogP contribution in [0.5, 0.6) is 0 Å². The van der Waals surface area contributed by atoms with Gasteiger partial charge in [-0.05, 0) is 126 Å². The summed E-state index contributed by atoms with van der Waals surface area (Å²) in [6.07, 6.45) is 13.4. The molecule has 7 aromatic rings. The van der Waals surface area contributed by atoms with Crippen LogP contribution in [0, 0.1) is 11.8 Å². The van der Waals surface area contributed by atoms with E-state index in [2.05, 4.69) is 150 Å². The highest BCUT2D eigenvalue weighted by molar-refractivity contribution is 7.26. The monoisotopic (exact) mass is 693 g/mol. The van der Waals surface area contributed by atoms with Crippen LogP contribution in [0.3, 0.4) is 0 Å². The van der Waals surface area contributed by atoms with E-state index >= 15 is 0 Å². The van der Waals surface area contributed by atoms with Crippen molar-refractivity contribution < 1.29 is 0 Å². The SMILES string of the molecule is c1ccc(-c2cccc3sc4ccc(N(c5ccc(C6CC7CCC6C7)cc5)c5ccc(C6(c7ccccc7)CCCCCC6)cc5)cc4c23)cc1. The van der Waals surface area contributed by atoms with Gasteiger partial charge in [-0.15, -0.1) is 11.3 Å². The predicted octanol–water partition coefficient (Wildman–Crippen LogP) is 14.7. The number of hydrogen-bond donors (Lipinski definition) is 0. The zero-order valence-electron chi connectivity index (χ0n) is 30.0. The van der Waals surface area contributed by atoms with Crippen molar-refractivity contribution in [2.24, 2.45) is 11.8 Å². The summed E-state index contributed by atoms with van der Waals surface area (Å²) in [7, 11) is 0. The molecule has 0 spiro atoms. The Morgan fingerprint density at radius 2 is 1.21 bits per heavy atom. The molecule has 3 atom stereocenters. The maximum atomic E-state index is 2.50. The number of anilines is 3. The van der Waals surface area contributed by atoms with Crippen LogP contribution in [0.1, 0.15) is 86.8 Å². The highest BCUT2D eigenvalue weighted by Gasteiger charge is 2.40. The van der Waals surface area contributed by atoms with Crippen molar-refractivity contribution in [1.82, 2.24) is 0 Å². The Labute approximate surface area is 313 Å². The summed E-state index contributed by atoms with van der Waals surface area (Å²) in [6.45, 7) is 0. The van der Waals surface area contributed by atoms with Crippen LogP contribution in [-0.4, -0.2) is 0 Å². The van der Waals surface area contributed by atoms with Gasteiger partial charge in [-0.1, -0.05) is 129 Å². The smallest absolute Gasteiger partial charge is 0.0468 e. The molecule has 1 heterocycles. The lowest BCUT2D eigenvalue weighted by Crippen LogP contribution is -2.27. The van der Waals surface area contributed by atoms with Crippen LogP contribution < -0.4 is 4.90 Å². The van der Waals surface area contributed by atoms with Gasteiger partial charge in [0.15, 0.2) is 0 Å². The Morgan fingerprint density at radius 1 is 0.538 bits per heavy atom. The molecular weight excluding hydrogens is 647 g/mol. The molecule has 10 rings (SSSR count). The second-order valence-corrected chi connectivity index (χ2v) is 17.0. The fourth-order valence-corrected chi connectivity index (χ4v) is 11.7. The lowest BCUT2D eigenvalue weighted by Gasteiger charge is -2.35. The maximum Gasteiger partial charge on any atom is 0.0468 e. The quantitative estimate of drug-likeness (QED) is 0.150. The van der Waals surface area contributed by atoms with Gasteiger partial charge in [-0.3, -0.25) is 0 Å². The summed E-state index contributed by atoms with van der Waals surface area (Å²) >= 11 is 1.90. The van der Waals surface area contributed by atoms with Crippen molar-refractivity contribution in [2.75, 3.05) is 4.90 Å². The van der Waals surface area contributed by atoms with E-state index in [0.717, 1.165) is 17.8 Å². The molecule has 6 aromatic carbocycles. The van der Waals surface area contributed by atoms with Gasteiger partial charge in [0.2, 0.25) is 0 Å². The van der Waals surface area contributed by atoms with Gasteiger partial charge in [0, 0.05) is 42.6 Å². The summed E-state index contributed by atoms with van der Waals surface area (Å²) in [5.74, 6) is 2.57. The van der Waals surface area contributed by atoms with Crippen molar-refractivity contribution >= 4 is 48.6 Å². The van der Waals surface area contributed by atoms with E-state index in [1.165, 1.54) is 129 Å². The first-order valence-corrected chi connectivity index (χ1v) is 20.6. The minimum absolute atomic E-state index is 0.0752. The third-order valence-corrected chi connectivity index (χ3v) is 14.2. The average Bonchev–Trinajstić information content (AvgIpc) is 3.89. The van der Waals surface area contributed by atoms with E-state index in [1.54, 1.807) is 0 Å². The summed E-state index contributed by atoms with van der Waals surface area (Å²) in [4.78, 5) is 2.50. The van der Waals surface area contributed by atoms with Gasteiger partial charge in [0.05, 0.1) is 0 Å². The van der Waals surface area contributed by atoms with Gasteiger partial charge in [-0.25, -0.2) is 0 Å². The lowest BCUT2D eigenvalue weighted by molar-refractivity contribution is 0.420. The number of fused-ring (bicyclic) bond motifs is 5.